The molecule has 0 radical (unpaired) electrons. The molecule has 1 fully saturated rings. The topological polar surface area (TPSA) is 60.4 Å². The summed E-state index contributed by atoms with van der Waals surface area (Å²) in [6.07, 6.45) is 3.22. The molecular formula is C23H20O4. The molecule has 27 heavy (non-hydrogen) atoms. The van der Waals surface area contributed by atoms with Gasteiger partial charge in [0.05, 0.1) is 17.9 Å². The van der Waals surface area contributed by atoms with Gasteiger partial charge in [-0.15, -0.1) is 0 Å². The van der Waals surface area contributed by atoms with Crippen molar-refractivity contribution in [3.8, 4) is 0 Å². The maximum Gasteiger partial charge on any atom is 0.170 e. The van der Waals surface area contributed by atoms with Crippen molar-refractivity contribution in [2.45, 2.75) is 25.0 Å². The maximum atomic E-state index is 13.4. The fraction of sp³-hybridized carbons (Fsp3) is 0.261. The minimum atomic E-state index is -1.04. The Balaban J connectivity index is 1.78. The average Bonchev–Trinajstić information content (AvgIpc) is 3.23. The average molecular weight is 360 g/mol. The van der Waals surface area contributed by atoms with Crippen LogP contribution in [0, 0.1) is 11.8 Å². The molecule has 2 aromatic carbocycles. The molecule has 0 amide bonds. The van der Waals surface area contributed by atoms with Crippen molar-refractivity contribution in [2.24, 2.45) is 11.8 Å². The molecule has 0 spiro atoms. The van der Waals surface area contributed by atoms with Gasteiger partial charge in [0, 0.05) is 17.5 Å². The van der Waals surface area contributed by atoms with E-state index in [1.54, 1.807) is 54.6 Å². The number of hydrogen-bond acceptors (Lipinski definition) is 4. The van der Waals surface area contributed by atoms with Crippen LogP contribution in [0.25, 0.3) is 0 Å². The second-order valence-electron chi connectivity index (χ2n) is 7.24. The standard InChI is InChI=1S/C23H20O4/c1-15(24)14-23-13-12-18(27-23)19(21(25)16-8-4-2-5-9-16)20(23)22(26)17-10-6-3-7-11-17/h2-13,18-20H,14H2,1H3. The Bertz CT molecular complexity index is 916. The number of rotatable bonds is 6. The number of benzene rings is 2. The summed E-state index contributed by atoms with van der Waals surface area (Å²) in [6.45, 7) is 1.48. The third-order valence-corrected chi connectivity index (χ3v) is 5.39. The fourth-order valence-electron chi connectivity index (χ4n) is 4.32. The molecule has 4 nitrogen and oxygen atoms in total. The summed E-state index contributed by atoms with van der Waals surface area (Å²) in [5.41, 5.74) is 0.0372. The van der Waals surface area contributed by atoms with Crippen molar-refractivity contribution in [1.29, 1.82) is 0 Å². The molecule has 136 valence electrons. The van der Waals surface area contributed by atoms with E-state index in [9.17, 15) is 14.4 Å². The molecule has 0 aromatic heterocycles. The molecular weight excluding hydrogens is 340 g/mol. The highest BCUT2D eigenvalue weighted by molar-refractivity contribution is 6.07. The molecule has 2 heterocycles. The van der Waals surface area contributed by atoms with Crippen molar-refractivity contribution in [3.63, 3.8) is 0 Å². The van der Waals surface area contributed by atoms with Crippen LogP contribution in [0.2, 0.25) is 0 Å². The summed E-state index contributed by atoms with van der Waals surface area (Å²) in [5.74, 6) is -1.70. The highest BCUT2D eigenvalue weighted by Crippen LogP contribution is 2.51. The van der Waals surface area contributed by atoms with E-state index in [2.05, 4.69) is 0 Å². The first-order valence-corrected chi connectivity index (χ1v) is 9.07. The Morgan fingerprint density at radius 3 is 2.00 bits per heavy atom. The van der Waals surface area contributed by atoms with E-state index in [1.165, 1.54) is 6.92 Å². The monoisotopic (exact) mass is 360 g/mol. The highest BCUT2D eigenvalue weighted by Gasteiger charge is 2.61. The number of fused-ring (bicyclic) bond motifs is 2. The molecule has 2 aliphatic heterocycles. The van der Waals surface area contributed by atoms with Gasteiger partial charge in [-0.2, -0.15) is 0 Å². The van der Waals surface area contributed by atoms with E-state index >= 15 is 0 Å². The second kappa shape index (κ2) is 6.71. The van der Waals surface area contributed by atoms with Crippen LogP contribution in [0.5, 0.6) is 0 Å². The van der Waals surface area contributed by atoms with Crippen molar-refractivity contribution < 1.29 is 19.1 Å². The smallest absolute Gasteiger partial charge is 0.170 e. The van der Waals surface area contributed by atoms with Crippen LogP contribution in [0.15, 0.2) is 72.8 Å². The fourth-order valence-corrected chi connectivity index (χ4v) is 4.32. The van der Waals surface area contributed by atoms with Crippen molar-refractivity contribution in [3.05, 3.63) is 83.9 Å². The quantitative estimate of drug-likeness (QED) is 0.582. The van der Waals surface area contributed by atoms with Gasteiger partial charge in [-0.3, -0.25) is 14.4 Å². The van der Waals surface area contributed by atoms with Crippen LogP contribution < -0.4 is 0 Å². The normalized spacial score (nSPS) is 28.3. The summed E-state index contributed by atoms with van der Waals surface area (Å²) < 4.78 is 6.11. The van der Waals surface area contributed by atoms with Gasteiger partial charge in [0.2, 0.25) is 0 Å². The van der Waals surface area contributed by atoms with Crippen molar-refractivity contribution in [2.75, 3.05) is 0 Å². The van der Waals surface area contributed by atoms with Crippen LogP contribution >= 0.6 is 0 Å². The molecule has 0 N–H and O–H groups in total. The van der Waals surface area contributed by atoms with Crippen LogP contribution in [-0.2, 0) is 9.53 Å². The first kappa shape index (κ1) is 17.6. The van der Waals surface area contributed by atoms with Gasteiger partial charge in [0.15, 0.2) is 11.6 Å². The van der Waals surface area contributed by atoms with E-state index in [4.69, 9.17) is 4.74 Å². The lowest BCUT2D eigenvalue weighted by Crippen LogP contribution is -2.44. The van der Waals surface area contributed by atoms with Crippen LogP contribution in [0.3, 0.4) is 0 Å². The summed E-state index contributed by atoms with van der Waals surface area (Å²) in [6, 6.07) is 17.9. The number of ether oxygens (including phenoxy) is 1. The van der Waals surface area contributed by atoms with Gasteiger partial charge >= 0.3 is 0 Å². The third-order valence-electron chi connectivity index (χ3n) is 5.39. The van der Waals surface area contributed by atoms with Gasteiger partial charge in [0.25, 0.3) is 0 Å². The van der Waals surface area contributed by atoms with Gasteiger partial charge in [0.1, 0.15) is 11.4 Å². The number of ketones is 3. The van der Waals surface area contributed by atoms with Crippen LogP contribution in [0.1, 0.15) is 34.1 Å². The van der Waals surface area contributed by atoms with E-state index < -0.39 is 23.5 Å². The lowest BCUT2D eigenvalue weighted by Gasteiger charge is -2.31. The summed E-state index contributed by atoms with van der Waals surface area (Å²) >= 11 is 0. The molecule has 2 bridgehead atoms. The Hall–Kier alpha value is -2.85. The molecule has 1 saturated heterocycles. The summed E-state index contributed by atoms with van der Waals surface area (Å²) in [7, 11) is 0. The van der Waals surface area contributed by atoms with Gasteiger partial charge in [-0.1, -0.05) is 72.8 Å². The number of carbonyl (C=O) groups is 3. The lowest BCUT2D eigenvalue weighted by molar-refractivity contribution is -0.121. The molecule has 0 saturated carbocycles. The van der Waals surface area contributed by atoms with Gasteiger partial charge < -0.3 is 4.74 Å². The Morgan fingerprint density at radius 2 is 1.44 bits per heavy atom. The predicted molar refractivity (Wildman–Crippen MR) is 101 cm³/mol. The first-order valence-electron chi connectivity index (χ1n) is 9.07. The Morgan fingerprint density at radius 1 is 0.889 bits per heavy atom. The first-order chi connectivity index (χ1) is 13.0. The van der Waals surface area contributed by atoms with Crippen LogP contribution in [0.4, 0.5) is 0 Å². The van der Waals surface area contributed by atoms with Crippen molar-refractivity contribution in [1.82, 2.24) is 0 Å². The van der Waals surface area contributed by atoms with Gasteiger partial charge in [-0.25, -0.2) is 0 Å². The minimum absolute atomic E-state index is 0.0704. The SMILES string of the molecule is CC(=O)CC12C=CC(O1)C(C(=O)c1ccccc1)C2C(=O)c1ccccc1. The van der Waals surface area contributed by atoms with Crippen LogP contribution in [-0.4, -0.2) is 29.1 Å². The molecule has 2 aliphatic rings. The maximum absolute atomic E-state index is 13.4. The zero-order chi connectivity index (χ0) is 19.0. The van der Waals surface area contributed by atoms with E-state index in [-0.39, 0.29) is 23.8 Å². The number of hydrogen-bond donors (Lipinski definition) is 0. The minimum Gasteiger partial charge on any atom is -0.362 e. The van der Waals surface area contributed by atoms with E-state index in [0.717, 1.165) is 0 Å². The zero-order valence-corrected chi connectivity index (χ0v) is 15.0. The molecule has 2 aromatic rings. The molecule has 4 heteroatoms. The largest absolute Gasteiger partial charge is 0.362 e. The molecule has 4 rings (SSSR count). The van der Waals surface area contributed by atoms with Crippen molar-refractivity contribution >= 4 is 17.3 Å². The number of Topliss-reactive ketones (excluding diaryl/α,β-unsaturated/α-hetero) is 3. The molecule has 4 unspecified atom stereocenters. The van der Waals surface area contributed by atoms with Gasteiger partial charge in [-0.05, 0) is 6.92 Å². The predicted octanol–water partition coefficient (Wildman–Crippen LogP) is 3.67. The van der Waals surface area contributed by atoms with E-state index in [1.807, 2.05) is 18.2 Å². The summed E-state index contributed by atoms with van der Waals surface area (Å²) in [4.78, 5) is 38.6. The lowest BCUT2D eigenvalue weighted by atomic mass is 9.68. The zero-order valence-electron chi connectivity index (χ0n) is 15.0. The Labute approximate surface area is 157 Å². The third kappa shape index (κ3) is 2.96. The summed E-state index contributed by atoms with van der Waals surface area (Å²) in [5, 5.41) is 0. The molecule has 4 atom stereocenters. The van der Waals surface area contributed by atoms with E-state index in [0.29, 0.717) is 11.1 Å². The molecule has 0 aliphatic carbocycles. The Kier molecular flexibility index (Phi) is 4.36. The second-order valence-corrected chi connectivity index (χ2v) is 7.24. The highest BCUT2D eigenvalue weighted by atomic mass is 16.5. The number of carbonyl (C=O) groups excluding carboxylic acids is 3.